The molecule has 1 atom stereocenters. The molecule has 0 aromatic rings. The van der Waals surface area contributed by atoms with Crippen molar-refractivity contribution < 1.29 is 0 Å². The van der Waals surface area contributed by atoms with Gasteiger partial charge in [-0.15, -0.1) is 0 Å². The van der Waals surface area contributed by atoms with E-state index >= 15 is 0 Å². The maximum absolute atomic E-state index is 6.17. The van der Waals surface area contributed by atoms with E-state index in [4.69, 9.17) is 11.6 Å². The fraction of sp³-hybridized carbons (Fsp3) is 0.800. The second-order valence-corrected chi connectivity index (χ2v) is 4.22. The quantitative estimate of drug-likeness (QED) is 0.327. The second-order valence-electron chi connectivity index (χ2n) is 3.44. The third-order valence-corrected chi connectivity index (χ3v) is 2.15. The van der Waals surface area contributed by atoms with Crippen LogP contribution in [0, 0.1) is 0 Å². The molecule has 0 fully saturated rings. The smallest absolute Gasteiger partial charge is 0.111 e. The number of nitrogens with one attached hydrogen (secondary N) is 3. The summed E-state index contributed by atoms with van der Waals surface area (Å²) in [5.74, 6) is 0. The van der Waals surface area contributed by atoms with Gasteiger partial charge in [0.15, 0.2) is 0 Å². The molecule has 0 heterocycles. The van der Waals surface area contributed by atoms with E-state index < -0.39 is 5.00 Å². The molecule has 14 heavy (non-hydrogen) atoms. The predicted molar refractivity (Wildman–Crippen MR) is 63.6 cm³/mol. The van der Waals surface area contributed by atoms with E-state index in [1.807, 2.05) is 33.3 Å². The van der Waals surface area contributed by atoms with E-state index in [0.717, 1.165) is 19.5 Å². The number of halogens is 1. The molecule has 0 saturated heterocycles. The van der Waals surface area contributed by atoms with Gasteiger partial charge in [-0.2, -0.15) is 0 Å². The lowest BCUT2D eigenvalue weighted by Crippen LogP contribution is -2.35. The summed E-state index contributed by atoms with van der Waals surface area (Å²) in [5.41, 5.74) is 0. The van der Waals surface area contributed by atoms with E-state index in [0.29, 0.717) is 0 Å². The monoisotopic (exact) mass is 219 g/mol. The first kappa shape index (κ1) is 13.8. The summed E-state index contributed by atoms with van der Waals surface area (Å²) in [4.78, 5) is -0.442. The van der Waals surface area contributed by atoms with Crippen LogP contribution < -0.4 is 16.0 Å². The van der Waals surface area contributed by atoms with Gasteiger partial charge >= 0.3 is 0 Å². The molecular formula is C10H22ClN3. The van der Waals surface area contributed by atoms with Crippen molar-refractivity contribution >= 4 is 11.6 Å². The molecule has 84 valence electrons. The van der Waals surface area contributed by atoms with Gasteiger partial charge in [0.2, 0.25) is 0 Å². The van der Waals surface area contributed by atoms with Crippen LogP contribution in [0.2, 0.25) is 0 Å². The Hall–Kier alpha value is -0.250. The molecule has 0 rings (SSSR count). The highest BCUT2D eigenvalue weighted by molar-refractivity contribution is 6.24. The van der Waals surface area contributed by atoms with Crippen molar-refractivity contribution in [3.05, 3.63) is 12.3 Å². The lowest BCUT2D eigenvalue weighted by molar-refractivity contribution is 0.542. The van der Waals surface area contributed by atoms with Gasteiger partial charge in [-0.3, -0.25) is 5.32 Å². The van der Waals surface area contributed by atoms with E-state index in [-0.39, 0.29) is 0 Å². The highest BCUT2D eigenvalue weighted by Crippen LogP contribution is 2.10. The maximum Gasteiger partial charge on any atom is 0.111 e. The lowest BCUT2D eigenvalue weighted by Gasteiger charge is -2.19. The zero-order chi connectivity index (χ0) is 10.9. The first-order valence-corrected chi connectivity index (χ1v) is 5.43. The van der Waals surface area contributed by atoms with Crippen molar-refractivity contribution in [3.8, 4) is 0 Å². The Labute approximate surface area is 92.3 Å². The lowest BCUT2D eigenvalue weighted by atomic mass is 10.2. The first-order valence-electron chi connectivity index (χ1n) is 5.06. The van der Waals surface area contributed by atoms with Gasteiger partial charge in [-0.25, -0.2) is 0 Å². The molecule has 0 aromatic carbocycles. The minimum Gasteiger partial charge on any atom is -0.394 e. The Kier molecular flexibility index (Phi) is 7.95. The largest absolute Gasteiger partial charge is 0.394 e. The molecule has 4 heteroatoms. The molecule has 1 unspecified atom stereocenters. The van der Waals surface area contributed by atoms with Gasteiger partial charge in [0.05, 0.1) is 0 Å². The minimum absolute atomic E-state index is 0.442. The van der Waals surface area contributed by atoms with Crippen LogP contribution in [-0.4, -0.2) is 32.2 Å². The molecule has 0 aromatic heterocycles. The van der Waals surface area contributed by atoms with Gasteiger partial charge in [0.1, 0.15) is 5.00 Å². The fourth-order valence-corrected chi connectivity index (χ4v) is 1.22. The van der Waals surface area contributed by atoms with Crippen LogP contribution in [0.15, 0.2) is 12.3 Å². The van der Waals surface area contributed by atoms with Crippen molar-refractivity contribution in [2.24, 2.45) is 0 Å². The van der Waals surface area contributed by atoms with Crippen LogP contribution in [0.25, 0.3) is 0 Å². The molecule has 0 saturated carbocycles. The first-order chi connectivity index (χ1) is 6.62. The number of rotatable bonds is 8. The molecule has 0 spiro atoms. The van der Waals surface area contributed by atoms with Crippen LogP contribution >= 0.6 is 11.6 Å². The van der Waals surface area contributed by atoms with Crippen molar-refractivity contribution in [1.82, 2.24) is 16.0 Å². The molecule has 3 N–H and O–H groups in total. The summed E-state index contributed by atoms with van der Waals surface area (Å²) in [7, 11) is 3.82. The summed E-state index contributed by atoms with van der Waals surface area (Å²) in [6.07, 6.45) is 6.06. The van der Waals surface area contributed by atoms with Crippen LogP contribution in [0.5, 0.6) is 0 Å². The molecule has 0 aliphatic heterocycles. The van der Waals surface area contributed by atoms with Gasteiger partial charge in [-0.05, 0) is 52.2 Å². The topological polar surface area (TPSA) is 36.1 Å². The van der Waals surface area contributed by atoms with E-state index in [1.165, 1.54) is 6.42 Å². The van der Waals surface area contributed by atoms with Crippen molar-refractivity contribution in [3.63, 3.8) is 0 Å². The number of hydrogen-bond acceptors (Lipinski definition) is 3. The highest BCUT2D eigenvalue weighted by Gasteiger charge is 2.14. The van der Waals surface area contributed by atoms with Gasteiger partial charge in [0.25, 0.3) is 0 Å². The van der Waals surface area contributed by atoms with E-state index in [9.17, 15) is 0 Å². The SMILES string of the molecule is CN/C=C\C(C)(Cl)NCCCCNC. The molecule has 3 nitrogen and oxygen atoms in total. The Morgan fingerprint density at radius 1 is 1.21 bits per heavy atom. The second kappa shape index (κ2) is 8.09. The highest BCUT2D eigenvalue weighted by atomic mass is 35.5. The summed E-state index contributed by atoms with van der Waals surface area (Å²) >= 11 is 6.17. The molecule has 0 radical (unpaired) electrons. The fourth-order valence-electron chi connectivity index (χ4n) is 1.06. The Bertz CT molecular complexity index is 157. The number of unbranched alkanes of at least 4 members (excludes halogenated alkanes) is 1. The predicted octanol–water partition coefficient (Wildman–Crippen LogP) is 1.26. The van der Waals surface area contributed by atoms with E-state index in [2.05, 4.69) is 16.0 Å². The van der Waals surface area contributed by atoms with Gasteiger partial charge < -0.3 is 10.6 Å². The summed E-state index contributed by atoms with van der Waals surface area (Å²) < 4.78 is 0. The number of hydrogen-bond donors (Lipinski definition) is 3. The third kappa shape index (κ3) is 8.35. The standard InChI is InChI=1S/C10H22ClN3/c1-10(11,6-9-13-3)14-8-5-4-7-12-2/h6,9,12-14H,4-5,7-8H2,1-3H3/b9-6-. The average Bonchev–Trinajstić information content (AvgIpc) is 2.15. The maximum atomic E-state index is 6.17. The van der Waals surface area contributed by atoms with Gasteiger partial charge in [-0.1, -0.05) is 11.6 Å². The summed E-state index contributed by atoms with van der Waals surface area (Å²) in [6, 6.07) is 0. The number of alkyl halides is 1. The average molecular weight is 220 g/mol. The molecule has 0 aliphatic carbocycles. The Balaban J connectivity index is 3.50. The van der Waals surface area contributed by atoms with Crippen LogP contribution in [0.1, 0.15) is 19.8 Å². The Morgan fingerprint density at radius 2 is 1.86 bits per heavy atom. The van der Waals surface area contributed by atoms with Gasteiger partial charge in [0, 0.05) is 7.05 Å². The molecule has 0 aliphatic rings. The third-order valence-electron chi connectivity index (χ3n) is 1.89. The van der Waals surface area contributed by atoms with Crippen LogP contribution in [-0.2, 0) is 0 Å². The minimum atomic E-state index is -0.442. The van der Waals surface area contributed by atoms with Crippen molar-refractivity contribution in [2.45, 2.75) is 24.8 Å². The van der Waals surface area contributed by atoms with Crippen LogP contribution in [0.3, 0.4) is 0 Å². The molecule has 0 bridgehead atoms. The molecule has 0 amide bonds. The van der Waals surface area contributed by atoms with Crippen LogP contribution in [0.4, 0.5) is 0 Å². The Morgan fingerprint density at radius 3 is 2.43 bits per heavy atom. The molecular weight excluding hydrogens is 198 g/mol. The van der Waals surface area contributed by atoms with Crippen molar-refractivity contribution in [1.29, 1.82) is 0 Å². The summed E-state index contributed by atoms with van der Waals surface area (Å²) in [5, 5.41) is 9.30. The van der Waals surface area contributed by atoms with Crippen molar-refractivity contribution in [2.75, 3.05) is 27.2 Å². The normalized spacial score (nSPS) is 15.7. The van der Waals surface area contributed by atoms with E-state index in [1.54, 1.807) is 0 Å². The zero-order valence-corrected chi connectivity index (χ0v) is 10.1. The zero-order valence-electron chi connectivity index (χ0n) is 9.36. The summed E-state index contributed by atoms with van der Waals surface area (Å²) in [6.45, 7) is 3.95.